The van der Waals surface area contributed by atoms with E-state index in [1.807, 2.05) is 21.0 Å². The van der Waals surface area contributed by atoms with Gasteiger partial charge in [0, 0.05) is 23.1 Å². The molecule has 1 N–H and O–H groups in total. The molecule has 0 aliphatic carbocycles. The normalized spacial score (nSPS) is 12.7. The molecular weight excluding hydrogens is 338 g/mol. The highest BCUT2D eigenvalue weighted by molar-refractivity contribution is 9.10. The highest BCUT2D eigenvalue weighted by atomic mass is 79.9. The molecule has 0 aliphatic heterocycles. The van der Waals surface area contributed by atoms with Gasteiger partial charge in [-0.3, -0.25) is 4.68 Å². The molecule has 108 valence electrons. The Morgan fingerprint density at radius 2 is 2.10 bits per heavy atom. The lowest BCUT2D eigenvalue weighted by atomic mass is 9.96. The fourth-order valence-electron chi connectivity index (χ4n) is 2.46. The molecule has 2 aromatic rings. The molecule has 0 fully saturated rings. The lowest BCUT2D eigenvalue weighted by molar-refractivity contribution is 0.587. The minimum Gasteiger partial charge on any atom is -0.313 e. The number of aromatic nitrogens is 2. The average Bonchev–Trinajstić information content (AvgIpc) is 2.65. The monoisotopic (exact) mass is 355 g/mol. The maximum absolute atomic E-state index is 6.34. The van der Waals surface area contributed by atoms with Gasteiger partial charge >= 0.3 is 0 Å². The van der Waals surface area contributed by atoms with E-state index < -0.39 is 0 Å². The van der Waals surface area contributed by atoms with Crippen molar-refractivity contribution in [3.8, 4) is 0 Å². The molecule has 0 aliphatic rings. The molecule has 1 heterocycles. The molecule has 3 nitrogen and oxygen atoms in total. The summed E-state index contributed by atoms with van der Waals surface area (Å²) in [6.45, 7) is 4.13. The summed E-state index contributed by atoms with van der Waals surface area (Å²) in [6.07, 6.45) is 0.826. The zero-order chi connectivity index (χ0) is 14.9. The molecule has 5 heteroatoms. The summed E-state index contributed by atoms with van der Waals surface area (Å²) in [7, 11) is 3.85. The summed E-state index contributed by atoms with van der Waals surface area (Å²) >= 11 is 9.88. The number of hydrogen-bond acceptors (Lipinski definition) is 2. The molecular formula is C15H19BrClN3. The number of aryl methyl sites for hydroxylation is 3. The van der Waals surface area contributed by atoms with Crippen LogP contribution in [0, 0.1) is 13.8 Å². The lowest BCUT2D eigenvalue weighted by Crippen LogP contribution is -2.20. The van der Waals surface area contributed by atoms with Crippen molar-refractivity contribution in [1.82, 2.24) is 15.1 Å². The van der Waals surface area contributed by atoms with Crippen molar-refractivity contribution in [2.24, 2.45) is 7.05 Å². The van der Waals surface area contributed by atoms with E-state index in [1.165, 1.54) is 11.1 Å². The van der Waals surface area contributed by atoms with Crippen LogP contribution in [0.2, 0.25) is 5.15 Å². The van der Waals surface area contributed by atoms with Crippen molar-refractivity contribution in [2.45, 2.75) is 26.3 Å². The van der Waals surface area contributed by atoms with E-state index in [0.29, 0.717) is 0 Å². The predicted molar refractivity (Wildman–Crippen MR) is 87.3 cm³/mol. The number of likely N-dealkylation sites (N-methyl/N-ethyl adjacent to an activating group) is 1. The molecule has 0 saturated heterocycles. The Bertz CT molecular complexity index is 622. The zero-order valence-corrected chi connectivity index (χ0v) is 14.5. The number of rotatable bonds is 4. The van der Waals surface area contributed by atoms with Crippen LogP contribution >= 0.6 is 27.5 Å². The number of halogens is 2. The lowest BCUT2D eigenvalue weighted by Gasteiger charge is -2.19. The summed E-state index contributed by atoms with van der Waals surface area (Å²) < 4.78 is 2.82. The summed E-state index contributed by atoms with van der Waals surface area (Å²) in [5.41, 5.74) is 4.64. The Morgan fingerprint density at radius 3 is 2.65 bits per heavy atom. The average molecular weight is 357 g/mol. The van der Waals surface area contributed by atoms with Crippen LogP contribution in [0.4, 0.5) is 0 Å². The molecule has 2 rings (SSSR count). The molecule has 20 heavy (non-hydrogen) atoms. The minimum absolute atomic E-state index is 0.216. The predicted octanol–water partition coefficient (Wildman–Crippen LogP) is 3.96. The highest BCUT2D eigenvalue weighted by Gasteiger charge is 2.19. The van der Waals surface area contributed by atoms with Gasteiger partial charge in [-0.05, 0) is 50.6 Å². The Labute approximate surface area is 133 Å². The van der Waals surface area contributed by atoms with Crippen LogP contribution in [0.1, 0.15) is 28.4 Å². The van der Waals surface area contributed by atoms with E-state index >= 15 is 0 Å². The fraction of sp³-hybridized carbons (Fsp3) is 0.400. The maximum Gasteiger partial charge on any atom is 0.130 e. The van der Waals surface area contributed by atoms with E-state index in [9.17, 15) is 0 Å². The third-order valence-corrected chi connectivity index (χ3v) is 4.61. The van der Waals surface area contributed by atoms with E-state index in [0.717, 1.165) is 27.3 Å². The quantitative estimate of drug-likeness (QED) is 0.899. The smallest absolute Gasteiger partial charge is 0.130 e. The van der Waals surface area contributed by atoms with Crippen molar-refractivity contribution in [3.05, 3.63) is 50.2 Å². The third-order valence-electron chi connectivity index (χ3n) is 3.64. The van der Waals surface area contributed by atoms with Gasteiger partial charge in [0.05, 0.1) is 5.69 Å². The van der Waals surface area contributed by atoms with E-state index in [-0.39, 0.29) is 6.04 Å². The standard InChI is InChI=1S/C15H19BrClN3/c1-9-5-6-11(16)7-12(9)14(18-3)8-13-10(2)19-20(4)15(13)17/h5-7,14,18H,8H2,1-4H3. The van der Waals surface area contributed by atoms with Gasteiger partial charge < -0.3 is 5.32 Å². The summed E-state index contributed by atoms with van der Waals surface area (Å²) in [6, 6.07) is 6.57. The third kappa shape index (κ3) is 3.08. The SMILES string of the molecule is CNC(Cc1c(C)nn(C)c1Cl)c1cc(Br)ccc1C. The molecule has 0 bridgehead atoms. The van der Waals surface area contributed by atoms with E-state index in [1.54, 1.807) is 4.68 Å². The van der Waals surface area contributed by atoms with Crippen LogP contribution in [-0.2, 0) is 13.5 Å². The molecule has 1 aromatic heterocycles. The van der Waals surface area contributed by atoms with Crippen LogP contribution in [0.3, 0.4) is 0 Å². The molecule has 0 saturated carbocycles. The largest absolute Gasteiger partial charge is 0.313 e. The first kappa shape index (κ1) is 15.5. The molecule has 0 radical (unpaired) electrons. The van der Waals surface area contributed by atoms with Crippen LogP contribution in [0.25, 0.3) is 0 Å². The first-order valence-electron chi connectivity index (χ1n) is 6.55. The zero-order valence-electron chi connectivity index (χ0n) is 12.2. The van der Waals surface area contributed by atoms with Gasteiger partial charge in [-0.15, -0.1) is 0 Å². The second-order valence-electron chi connectivity index (χ2n) is 5.02. The topological polar surface area (TPSA) is 29.9 Å². The van der Waals surface area contributed by atoms with Crippen molar-refractivity contribution in [1.29, 1.82) is 0 Å². The van der Waals surface area contributed by atoms with Crippen LogP contribution < -0.4 is 5.32 Å². The number of hydrogen-bond donors (Lipinski definition) is 1. The summed E-state index contributed by atoms with van der Waals surface area (Å²) in [4.78, 5) is 0. The number of nitrogens with one attached hydrogen (secondary N) is 1. The van der Waals surface area contributed by atoms with Gasteiger partial charge in [0.2, 0.25) is 0 Å². The van der Waals surface area contributed by atoms with Crippen LogP contribution in [-0.4, -0.2) is 16.8 Å². The van der Waals surface area contributed by atoms with Crippen molar-refractivity contribution in [2.75, 3.05) is 7.05 Å². The van der Waals surface area contributed by atoms with Crippen molar-refractivity contribution in [3.63, 3.8) is 0 Å². The van der Waals surface area contributed by atoms with E-state index in [4.69, 9.17) is 11.6 Å². The van der Waals surface area contributed by atoms with Crippen molar-refractivity contribution >= 4 is 27.5 Å². The second-order valence-corrected chi connectivity index (χ2v) is 6.30. The van der Waals surface area contributed by atoms with Crippen LogP contribution in [0.5, 0.6) is 0 Å². The molecule has 1 unspecified atom stereocenters. The first-order chi connectivity index (χ1) is 9.43. The Morgan fingerprint density at radius 1 is 1.40 bits per heavy atom. The molecule has 1 aromatic carbocycles. The Kier molecular flexibility index (Phi) is 4.89. The molecule has 0 amide bonds. The summed E-state index contributed by atoms with van der Waals surface area (Å²) in [5, 5.41) is 8.48. The number of nitrogens with zero attached hydrogens (tertiary/aromatic N) is 2. The Balaban J connectivity index is 2.36. The molecule has 1 atom stereocenters. The summed E-state index contributed by atoms with van der Waals surface area (Å²) in [5.74, 6) is 0. The first-order valence-corrected chi connectivity index (χ1v) is 7.72. The highest BCUT2D eigenvalue weighted by Crippen LogP contribution is 2.28. The Hall–Kier alpha value is -0.840. The maximum atomic E-state index is 6.34. The van der Waals surface area contributed by atoms with Crippen LogP contribution in [0.15, 0.2) is 22.7 Å². The fourth-order valence-corrected chi connectivity index (χ4v) is 3.09. The molecule has 0 spiro atoms. The number of benzene rings is 1. The van der Waals surface area contributed by atoms with Crippen molar-refractivity contribution < 1.29 is 0 Å². The van der Waals surface area contributed by atoms with Gasteiger partial charge in [-0.1, -0.05) is 33.6 Å². The minimum atomic E-state index is 0.216. The second kappa shape index (κ2) is 6.29. The van der Waals surface area contributed by atoms with Gasteiger partial charge in [0.1, 0.15) is 5.15 Å². The van der Waals surface area contributed by atoms with Gasteiger partial charge in [0.15, 0.2) is 0 Å². The van der Waals surface area contributed by atoms with Gasteiger partial charge in [-0.25, -0.2) is 0 Å². The van der Waals surface area contributed by atoms with E-state index in [2.05, 4.69) is 51.5 Å². The van der Waals surface area contributed by atoms with Gasteiger partial charge in [-0.2, -0.15) is 5.10 Å². The van der Waals surface area contributed by atoms with Gasteiger partial charge in [0.25, 0.3) is 0 Å².